The topological polar surface area (TPSA) is 62.7 Å². The fourth-order valence-corrected chi connectivity index (χ4v) is 3.51. The van der Waals surface area contributed by atoms with Gasteiger partial charge >= 0.3 is 5.97 Å². The van der Waals surface area contributed by atoms with Crippen LogP contribution in [0.1, 0.15) is 55.4 Å². The molecule has 112 valence electrons. The minimum atomic E-state index is -0.876. The Morgan fingerprint density at radius 1 is 1.50 bits per heavy atom. The lowest BCUT2D eigenvalue weighted by atomic mass is 10.0. The summed E-state index contributed by atoms with van der Waals surface area (Å²) in [4.78, 5) is 18.5. The Balaban J connectivity index is 2.30. The Labute approximate surface area is 123 Å². The van der Waals surface area contributed by atoms with E-state index in [9.17, 15) is 9.90 Å². The first kappa shape index (κ1) is 15.3. The standard InChI is InChI=1S/C14H22N2O3S/c1-5-8(2)11-12(13(17)18)20-14(15-11)16-6-9(3)19-10(4)7-16/h8-10H,5-7H2,1-4H3,(H,17,18)/t8?,9-,10+. The predicted molar refractivity (Wildman–Crippen MR) is 80.0 cm³/mol. The van der Waals surface area contributed by atoms with E-state index >= 15 is 0 Å². The monoisotopic (exact) mass is 298 g/mol. The van der Waals surface area contributed by atoms with Crippen molar-refractivity contribution in [3.05, 3.63) is 10.6 Å². The van der Waals surface area contributed by atoms with E-state index in [2.05, 4.69) is 9.88 Å². The highest BCUT2D eigenvalue weighted by Gasteiger charge is 2.28. The number of hydrogen-bond acceptors (Lipinski definition) is 5. The molecule has 0 radical (unpaired) electrons. The van der Waals surface area contributed by atoms with Gasteiger partial charge in [-0.1, -0.05) is 25.2 Å². The largest absolute Gasteiger partial charge is 0.477 e. The maximum absolute atomic E-state index is 11.4. The van der Waals surface area contributed by atoms with Crippen LogP contribution in [0.25, 0.3) is 0 Å². The molecule has 1 N–H and O–H groups in total. The molecule has 2 rings (SSSR count). The number of hydrogen-bond donors (Lipinski definition) is 1. The van der Waals surface area contributed by atoms with Crippen LogP contribution in [0.5, 0.6) is 0 Å². The molecule has 2 heterocycles. The van der Waals surface area contributed by atoms with Crippen molar-refractivity contribution in [3.63, 3.8) is 0 Å². The lowest BCUT2D eigenvalue weighted by Crippen LogP contribution is -2.45. The first-order valence-electron chi connectivity index (χ1n) is 7.06. The minimum Gasteiger partial charge on any atom is -0.477 e. The molecule has 3 atom stereocenters. The lowest BCUT2D eigenvalue weighted by molar-refractivity contribution is -0.00524. The van der Waals surface area contributed by atoms with Gasteiger partial charge in [-0.05, 0) is 26.2 Å². The van der Waals surface area contributed by atoms with Crippen molar-refractivity contribution < 1.29 is 14.6 Å². The molecule has 1 aromatic heterocycles. The van der Waals surface area contributed by atoms with Crippen LogP contribution in [-0.4, -0.2) is 41.4 Å². The number of rotatable bonds is 4. The number of nitrogens with zero attached hydrogens (tertiary/aromatic N) is 2. The minimum absolute atomic E-state index is 0.142. The zero-order valence-electron chi connectivity index (χ0n) is 12.4. The van der Waals surface area contributed by atoms with E-state index in [1.807, 2.05) is 27.7 Å². The van der Waals surface area contributed by atoms with Crippen LogP contribution in [-0.2, 0) is 4.74 Å². The quantitative estimate of drug-likeness (QED) is 0.926. The normalized spacial score (nSPS) is 24.7. The summed E-state index contributed by atoms with van der Waals surface area (Å²) in [7, 11) is 0. The lowest BCUT2D eigenvalue weighted by Gasteiger charge is -2.35. The molecule has 20 heavy (non-hydrogen) atoms. The van der Waals surface area contributed by atoms with Crippen molar-refractivity contribution in [1.29, 1.82) is 0 Å². The van der Waals surface area contributed by atoms with Crippen LogP contribution in [0.3, 0.4) is 0 Å². The van der Waals surface area contributed by atoms with Gasteiger partial charge in [0.15, 0.2) is 5.13 Å². The number of carbonyl (C=O) groups is 1. The van der Waals surface area contributed by atoms with E-state index in [-0.39, 0.29) is 18.1 Å². The van der Waals surface area contributed by atoms with Crippen LogP contribution in [0.15, 0.2) is 0 Å². The van der Waals surface area contributed by atoms with Gasteiger partial charge in [-0.25, -0.2) is 9.78 Å². The van der Waals surface area contributed by atoms with Crippen molar-refractivity contribution >= 4 is 22.4 Å². The van der Waals surface area contributed by atoms with Gasteiger partial charge in [-0.3, -0.25) is 0 Å². The molecule has 1 aliphatic heterocycles. The number of aromatic carboxylic acids is 1. The number of thiazole rings is 1. The number of anilines is 1. The molecule has 0 amide bonds. The van der Waals surface area contributed by atoms with Crippen LogP contribution >= 0.6 is 11.3 Å². The molecule has 1 aromatic rings. The fourth-order valence-electron chi connectivity index (χ4n) is 2.47. The third-order valence-electron chi connectivity index (χ3n) is 3.61. The van der Waals surface area contributed by atoms with Gasteiger partial charge in [0.1, 0.15) is 4.88 Å². The molecule has 1 aliphatic rings. The molecule has 0 saturated carbocycles. The highest BCUT2D eigenvalue weighted by atomic mass is 32.1. The molecular formula is C14H22N2O3S. The predicted octanol–water partition coefficient (Wildman–Crippen LogP) is 2.97. The van der Waals surface area contributed by atoms with E-state index in [1.165, 1.54) is 11.3 Å². The number of ether oxygens (including phenoxy) is 1. The fraction of sp³-hybridized carbons (Fsp3) is 0.714. The van der Waals surface area contributed by atoms with E-state index in [4.69, 9.17) is 4.74 Å². The molecule has 0 aliphatic carbocycles. The molecule has 0 bridgehead atoms. The van der Waals surface area contributed by atoms with E-state index < -0.39 is 5.97 Å². The zero-order valence-corrected chi connectivity index (χ0v) is 13.2. The van der Waals surface area contributed by atoms with Gasteiger partial charge in [-0.2, -0.15) is 0 Å². The second-order valence-corrected chi connectivity index (χ2v) is 6.47. The maximum atomic E-state index is 11.4. The van der Waals surface area contributed by atoms with E-state index in [0.29, 0.717) is 10.6 Å². The number of carboxylic acid groups (broad SMARTS) is 1. The van der Waals surface area contributed by atoms with Gasteiger partial charge in [0.25, 0.3) is 0 Å². The first-order chi connectivity index (χ1) is 9.42. The Bertz CT molecular complexity index is 479. The Hall–Kier alpha value is -1.14. The van der Waals surface area contributed by atoms with Crippen LogP contribution in [0.2, 0.25) is 0 Å². The number of aromatic nitrogens is 1. The summed E-state index contributed by atoms with van der Waals surface area (Å²) in [6.07, 6.45) is 1.17. The van der Waals surface area contributed by atoms with Crippen LogP contribution in [0.4, 0.5) is 5.13 Å². The SMILES string of the molecule is CCC(C)c1nc(N2C[C@@H](C)O[C@@H](C)C2)sc1C(=O)O. The van der Waals surface area contributed by atoms with Crippen molar-refractivity contribution in [2.75, 3.05) is 18.0 Å². The zero-order chi connectivity index (χ0) is 14.9. The first-order valence-corrected chi connectivity index (χ1v) is 7.88. The Kier molecular flexibility index (Phi) is 4.65. The second-order valence-electron chi connectivity index (χ2n) is 5.49. The van der Waals surface area contributed by atoms with Crippen LogP contribution in [0, 0.1) is 0 Å². The summed E-state index contributed by atoms with van der Waals surface area (Å²) in [5.74, 6) is -0.708. The third-order valence-corrected chi connectivity index (χ3v) is 4.73. The summed E-state index contributed by atoms with van der Waals surface area (Å²) < 4.78 is 5.71. The van der Waals surface area contributed by atoms with Gasteiger partial charge in [0.05, 0.1) is 17.9 Å². The van der Waals surface area contributed by atoms with Gasteiger partial charge in [0, 0.05) is 13.1 Å². The number of morpholine rings is 1. The summed E-state index contributed by atoms with van der Waals surface area (Å²) in [6, 6.07) is 0. The van der Waals surface area contributed by atoms with Crippen molar-refractivity contribution in [2.45, 2.75) is 52.2 Å². The van der Waals surface area contributed by atoms with Gasteiger partial charge in [-0.15, -0.1) is 0 Å². The average Bonchev–Trinajstić information content (AvgIpc) is 2.81. The van der Waals surface area contributed by atoms with Gasteiger partial charge < -0.3 is 14.7 Å². The second kappa shape index (κ2) is 6.10. The van der Waals surface area contributed by atoms with E-state index in [1.54, 1.807) is 0 Å². The summed E-state index contributed by atoms with van der Waals surface area (Å²) in [5.41, 5.74) is 0.715. The molecule has 5 nitrogen and oxygen atoms in total. The Morgan fingerprint density at radius 3 is 2.60 bits per heavy atom. The summed E-state index contributed by atoms with van der Waals surface area (Å²) in [5, 5.41) is 10.2. The van der Waals surface area contributed by atoms with Gasteiger partial charge in [0.2, 0.25) is 0 Å². The average molecular weight is 298 g/mol. The van der Waals surface area contributed by atoms with E-state index in [0.717, 1.165) is 24.6 Å². The van der Waals surface area contributed by atoms with Crippen molar-refractivity contribution in [2.24, 2.45) is 0 Å². The highest BCUT2D eigenvalue weighted by Crippen LogP contribution is 2.33. The smallest absolute Gasteiger partial charge is 0.347 e. The molecule has 6 heteroatoms. The molecule has 1 saturated heterocycles. The molecule has 1 unspecified atom stereocenters. The summed E-state index contributed by atoms with van der Waals surface area (Å²) in [6.45, 7) is 9.66. The molecule has 1 fully saturated rings. The molecular weight excluding hydrogens is 276 g/mol. The van der Waals surface area contributed by atoms with Crippen LogP contribution < -0.4 is 4.90 Å². The highest BCUT2D eigenvalue weighted by molar-refractivity contribution is 7.17. The van der Waals surface area contributed by atoms with Crippen molar-refractivity contribution in [1.82, 2.24) is 4.98 Å². The molecule has 0 aromatic carbocycles. The maximum Gasteiger partial charge on any atom is 0.347 e. The Morgan fingerprint density at radius 2 is 2.10 bits per heavy atom. The van der Waals surface area contributed by atoms with Crippen molar-refractivity contribution in [3.8, 4) is 0 Å². The number of carboxylic acids is 1. The summed E-state index contributed by atoms with van der Waals surface area (Å²) >= 11 is 1.28. The third kappa shape index (κ3) is 3.12. The molecule has 0 spiro atoms.